The van der Waals surface area contributed by atoms with E-state index in [4.69, 9.17) is 14.5 Å². The van der Waals surface area contributed by atoms with Gasteiger partial charge < -0.3 is 14.4 Å². The smallest absolute Gasteiger partial charge is 0.165 e. The molecule has 1 atom stereocenters. The van der Waals surface area contributed by atoms with E-state index in [-0.39, 0.29) is 17.5 Å². The number of thioether (sulfide) groups is 1. The Hall–Kier alpha value is -2.71. The van der Waals surface area contributed by atoms with Gasteiger partial charge >= 0.3 is 0 Å². The fourth-order valence-corrected chi connectivity index (χ4v) is 6.99. The maximum Gasteiger partial charge on any atom is 0.165 e. The third-order valence-corrected chi connectivity index (χ3v) is 8.38. The van der Waals surface area contributed by atoms with Crippen LogP contribution in [0, 0.1) is 0 Å². The number of aliphatic imine (C=N–C) groups is 1. The molecule has 0 spiro atoms. The molecular formula is C24H24N2O4S2. The summed E-state index contributed by atoms with van der Waals surface area (Å²) >= 11 is 1.73. The molecule has 0 radical (unpaired) electrons. The summed E-state index contributed by atoms with van der Waals surface area (Å²) in [7, 11) is -0.0293. The Balaban J connectivity index is 1.64. The molecule has 3 aliphatic rings. The van der Waals surface area contributed by atoms with E-state index < -0.39 is 9.84 Å². The lowest BCUT2D eigenvalue weighted by Crippen LogP contribution is -2.38. The van der Waals surface area contributed by atoms with Crippen LogP contribution in [0.25, 0.3) is 6.08 Å². The van der Waals surface area contributed by atoms with E-state index in [1.807, 2.05) is 54.6 Å². The van der Waals surface area contributed by atoms with Crippen molar-refractivity contribution in [1.29, 1.82) is 0 Å². The number of rotatable bonds is 4. The second kappa shape index (κ2) is 8.33. The average molecular weight is 469 g/mol. The molecule has 1 unspecified atom stereocenters. The van der Waals surface area contributed by atoms with Crippen LogP contribution < -0.4 is 9.47 Å². The highest BCUT2D eigenvalue weighted by Gasteiger charge is 2.41. The molecule has 32 heavy (non-hydrogen) atoms. The molecule has 0 saturated carbocycles. The number of nitrogens with zero attached hydrogens (tertiary/aromatic N) is 2. The Morgan fingerprint density at radius 2 is 1.66 bits per heavy atom. The van der Waals surface area contributed by atoms with E-state index in [1.165, 1.54) is 0 Å². The Labute approximate surface area is 192 Å². The van der Waals surface area contributed by atoms with E-state index in [2.05, 4.69) is 4.90 Å². The van der Waals surface area contributed by atoms with Gasteiger partial charge in [-0.25, -0.2) is 13.4 Å². The van der Waals surface area contributed by atoms with Crippen LogP contribution in [-0.4, -0.2) is 56.5 Å². The van der Waals surface area contributed by atoms with Gasteiger partial charge in [0, 0.05) is 12.3 Å². The predicted octanol–water partition coefficient (Wildman–Crippen LogP) is 3.93. The van der Waals surface area contributed by atoms with Crippen molar-refractivity contribution in [2.24, 2.45) is 4.99 Å². The van der Waals surface area contributed by atoms with E-state index in [9.17, 15) is 8.42 Å². The van der Waals surface area contributed by atoms with Crippen molar-refractivity contribution >= 4 is 32.8 Å². The summed E-state index contributed by atoms with van der Waals surface area (Å²) in [4.78, 5) is 7.19. The van der Waals surface area contributed by atoms with Crippen LogP contribution in [0.5, 0.6) is 11.5 Å². The standard InChI is InChI=1S/C24H24N2O4S2/c1-29-19-7-3-16(4-8-19)13-18-14-32(27,28)15-21-22(18)25-24-26(11-12-31-24)23(21)17-5-9-20(30-2)10-6-17/h3-10,13,23H,11-12,14-15H2,1-2H3. The molecule has 8 heteroatoms. The summed E-state index contributed by atoms with van der Waals surface area (Å²) in [6, 6.07) is 15.4. The number of methoxy groups -OCH3 is 2. The van der Waals surface area contributed by atoms with Crippen LogP contribution in [0.2, 0.25) is 0 Å². The average Bonchev–Trinajstić information content (AvgIpc) is 3.26. The van der Waals surface area contributed by atoms with Crippen molar-refractivity contribution in [3.05, 3.63) is 76.5 Å². The number of fused-ring (bicyclic) bond motifs is 1. The van der Waals surface area contributed by atoms with Crippen molar-refractivity contribution in [2.45, 2.75) is 6.04 Å². The highest BCUT2D eigenvalue weighted by atomic mass is 32.2. The maximum absolute atomic E-state index is 13.0. The lowest BCUT2D eigenvalue weighted by molar-refractivity contribution is 0.376. The summed E-state index contributed by atoms with van der Waals surface area (Å²) in [5.41, 5.74) is 4.39. The summed E-state index contributed by atoms with van der Waals surface area (Å²) in [6.45, 7) is 0.842. The summed E-state index contributed by atoms with van der Waals surface area (Å²) in [5.74, 6) is 2.50. The molecule has 2 aromatic rings. The van der Waals surface area contributed by atoms with Crippen LogP contribution in [-0.2, 0) is 9.84 Å². The molecule has 3 heterocycles. The zero-order valence-electron chi connectivity index (χ0n) is 17.9. The molecule has 166 valence electrons. The molecule has 1 fully saturated rings. The van der Waals surface area contributed by atoms with Gasteiger partial charge in [-0.1, -0.05) is 36.0 Å². The Bertz CT molecular complexity index is 1230. The first kappa shape index (κ1) is 21.2. The molecule has 2 aromatic carbocycles. The number of sulfone groups is 1. The van der Waals surface area contributed by atoms with Crippen LogP contribution >= 0.6 is 11.8 Å². The van der Waals surface area contributed by atoms with Crippen LogP contribution in [0.3, 0.4) is 0 Å². The van der Waals surface area contributed by atoms with Crippen molar-refractivity contribution in [3.8, 4) is 11.5 Å². The molecule has 5 rings (SSSR count). The number of allylic oxidation sites excluding steroid dienone is 1. The lowest BCUT2D eigenvalue weighted by atomic mass is 9.92. The fraction of sp³-hybridized carbons (Fsp3) is 0.292. The monoisotopic (exact) mass is 468 g/mol. The minimum Gasteiger partial charge on any atom is -0.497 e. The van der Waals surface area contributed by atoms with Crippen LogP contribution in [0.4, 0.5) is 0 Å². The first-order valence-electron chi connectivity index (χ1n) is 10.4. The zero-order chi connectivity index (χ0) is 22.3. The lowest BCUT2D eigenvalue weighted by Gasteiger charge is -2.38. The molecule has 3 aliphatic heterocycles. The molecule has 0 aromatic heterocycles. The third kappa shape index (κ3) is 3.93. The topological polar surface area (TPSA) is 68.2 Å². The SMILES string of the molecule is COc1ccc(C=C2CS(=O)(=O)CC3=C2N=C2SCCN2C3c2ccc(OC)cc2)cc1. The second-order valence-electron chi connectivity index (χ2n) is 7.96. The van der Waals surface area contributed by atoms with E-state index >= 15 is 0 Å². The van der Waals surface area contributed by atoms with Crippen molar-refractivity contribution in [3.63, 3.8) is 0 Å². The highest BCUT2D eigenvalue weighted by molar-refractivity contribution is 8.14. The predicted molar refractivity (Wildman–Crippen MR) is 129 cm³/mol. The highest BCUT2D eigenvalue weighted by Crippen LogP contribution is 2.45. The second-order valence-corrected chi connectivity index (χ2v) is 11.1. The molecular weight excluding hydrogens is 444 g/mol. The number of ether oxygens (including phenoxy) is 2. The van der Waals surface area contributed by atoms with Crippen molar-refractivity contribution in [1.82, 2.24) is 4.90 Å². The number of amidine groups is 1. The number of benzene rings is 2. The molecule has 0 aliphatic carbocycles. The van der Waals surface area contributed by atoms with Gasteiger partial charge in [0.1, 0.15) is 11.5 Å². The van der Waals surface area contributed by atoms with Gasteiger partial charge in [0.15, 0.2) is 15.0 Å². The number of hydrogen-bond donors (Lipinski definition) is 0. The van der Waals surface area contributed by atoms with Gasteiger partial charge in [0.05, 0.1) is 37.5 Å². The van der Waals surface area contributed by atoms with Crippen molar-refractivity contribution < 1.29 is 17.9 Å². The maximum atomic E-state index is 13.0. The van der Waals surface area contributed by atoms with Crippen molar-refractivity contribution in [2.75, 3.05) is 38.0 Å². The Morgan fingerprint density at radius 1 is 1.00 bits per heavy atom. The first-order valence-corrected chi connectivity index (χ1v) is 13.2. The van der Waals surface area contributed by atoms with Crippen LogP contribution in [0.15, 0.2) is 70.4 Å². The zero-order valence-corrected chi connectivity index (χ0v) is 19.6. The molecule has 1 saturated heterocycles. The van der Waals surface area contributed by atoms with Crippen LogP contribution in [0.1, 0.15) is 17.2 Å². The first-order chi connectivity index (χ1) is 15.5. The molecule has 6 nitrogen and oxygen atoms in total. The summed E-state index contributed by atoms with van der Waals surface area (Å²) in [5, 5.41) is 0.962. The number of hydrogen-bond acceptors (Lipinski definition) is 7. The fourth-order valence-electron chi connectivity index (χ4n) is 4.43. The Morgan fingerprint density at radius 3 is 2.31 bits per heavy atom. The van der Waals surface area contributed by atoms with Gasteiger partial charge in [0.2, 0.25) is 0 Å². The summed E-state index contributed by atoms with van der Waals surface area (Å²) < 4.78 is 36.5. The van der Waals surface area contributed by atoms with Gasteiger partial charge in [-0.3, -0.25) is 0 Å². The normalized spacial score (nSPS) is 22.9. The van der Waals surface area contributed by atoms with Gasteiger partial charge in [-0.2, -0.15) is 0 Å². The third-order valence-electron chi connectivity index (χ3n) is 5.91. The Kier molecular flexibility index (Phi) is 5.51. The van der Waals surface area contributed by atoms with E-state index in [0.29, 0.717) is 0 Å². The van der Waals surface area contributed by atoms with E-state index in [0.717, 1.165) is 56.9 Å². The molecule has 0 amide bonds. The molecule has 0 N–H and O–H groups in total. The van der Waals surface area contributed by atoms with Gasteiger partial charge in [-0.15, -0.1) is 0 Å². The van der Waals surface area contributed by atoms with E-state index in [1.54, 1.807) is 26.0 Å². The quantitative estimate of drug-likeness (QED) is 0.677. The molecule has 0 bridgehead atoms. The minimum absolute atomic E-state index is 0.00532. The van der Waals surface area contributed by atoms with Gasteiger partial charge in [0.25, 0.3) is 0 Å². The van der Waals surface area contributed by atoms with Gasteiger partial charge in [-0.05, 0) is 52.6 Å². The largest absolute Gasteiger partial charge is 0.497 e. The summed E-state index contributed by atoms with van der Waals surface area (Å²) in [6.07, 6.45) is 1.94. The minimum atomic E-state index is -3.30.